The molecular formula is C12H19ClN2O. The zero-order valence-corrected chi connectivity index (χ0v) is 11.0. The first kappa shape index (κ1) is 14.8. The van der Waals surface area contributed by atoms with Gasteiger partial charge in [-0.15, -0.1) is 12.4 Å². The highest BCUT2D eigenvalue weighted by Gasteiger charge is 2.01. The zero-order chi connectivity index (χ0) is 11.4. The minimum Gasteiger partial charge on any atom is -0.508 e. The number of aryl methyl sites for hydroxylation is 2. The van der Waals surface area contributed by atoms with Crippen LogP contribution in [0.15, 0.2) is 17.1 Å². The van der Waals surface area contributed by atoms with E-state index in [9.17, 15) is 5.11 Å². The topological polar surface area (TPSA) is 35.8 Å². The highest BCUT2D eigenvalue weighted by Crippen LogP contribution is 2.26. The van der Waals surface area contributed by atoms with Crippen LogP contribution >= 0.6 is 12.4 Å². The molecule has 0 unspecified atom stereocenters. The molecule has 4 heteroatoms. The molecule has 1 N–H and O–H groups in total. The molecule has 1 rings (SSSR count). The lowest BCUT2D eigenvalue weighted by Crippen LogP contribution is -2.14. The van der Waals surface area contributed by atoms with E-state index in [4.69, 9.17) is 0 Å². The Balaban J connectivity index is 0.00000225. The monoisotopic (exact) mass is 242 g/mol. The standard InChI is InChI=1S/C12H18N2O.ClH/c1-5-14(4)8-13-11-6-10(3)12(15)7-9(11)2;/h6-8,15H,5H2,1-4H3;1H. The number of phenolic OH excluding ortho intramolecular Hbond substituents is 1. The summed E-state index contributed by atoms with van der Waals surface area (Å²) >= 11 is 0. The molecule has 0 bridgehead atoms. The third-order valence-electron chi connectivity index (χ3n) is 2.41. The maximum absolute atomic E-state index is 9.49. The fourth-order valence-corrected chi connectivity index (χ4v) is 1.17. The van der Waals surface area contributed by atoms with E-state index in [0.29, 0.717) is 5.75 Å². The van der Waals surface area contributed by atoms with Crippen molar-refractivity contribution in [1.82, 2.24) is 4.90 Å². The Kier molecular flexibility index (Phi) is 5.89. The molecule has 0 saturated heterocycles. The van der Waals surface area contributed by atoms with E-state index in [2.05, 4.69) is 11.9 Å². The van der Waals surface area contributed by atoms with Gasteiger partial charge in [-0.25, -0.2) is 4.99 Å². The van der Waals surface area contributed by atoms with Gasteiger partial charge in [-0.2, -0.15) is 0 Å². The van der Waals surface area contributed by atoms with Gasteiger partial charge in [-0.1, -0.05) is 0 Å². The van der Waals surface area contributed by atoms with Gasteiger partial charge >= 0.3 is 0 Å². The fraction of sp³-hybridized carbons (Fsp3) is 0.417. The van der Waals surface area contributed by atoms with Crippen molar-refractivity contribution in [2.45, 2.75) is 20.8 Å². The summed E-state index contributed by atoms with van der Waals surface area (Å²) < 4.78 is 0. The first-order chi connectivity index (χ1) is 7.04. The van der Waals surface area contributed by atoms with Crippen molar-refractivity contribution in [2.24, 2.45) is 4.99 Å². The number of phenols is 1. The molecule has 0 spiro atoms. The minimum absolute atomic E-state index is 0. The van der Waals surface area contributed by atoms with Crippen LogP contribution in [0.2, 0.25) is 0 Å². The number of rotatable bonds is 3. The minimum atomic E-state index is 0. The van der Waals surface area contributed by atoms with Gasteiger partial charge in [0.1, 0.15) is 5.75 Å². The Morgan fingerprint density at radius 3 is 2.50 bits per heavy atom. The van der Waals surface area contributed by atoms with Gasteiger partial charge in [0.05, 0.1) is 12.0 Å². The maximum atomic E-state index is 9.49. The highest BCUT2D eigenvalue weighted by atomic mass is 35.5. The summed E-state index contributed by atoms with van der Waals surface area (Å²) in [6.45, 7) is 6.82. The Morgan fingerprint density at radius 1 is 1.31 bits per heavy atom. The summed E-state index contributed by atoms with van der Waals surface area (Å²) in [7, 11) is 1.98. The molecule has 0 aliphatic heterocycles. The van der Waals surface area contributed by atoms with E-state index in [0.717, 1.165) is 23.4 Å². The summed E-state index contributed by atoms with van der Waals surface area (Å²) in [5.74, 6) is 0.329. The summed E-state index contributed by atoms with van der Waals surface area (Å²) in [5.41, 5.74) is 2.75. The lowest BCUT2D eigenvalue weighted by Gasteiger charge is -2.09. The Hall–Kier alpha value is -1.22. The molecule has 1 aromatic rings. The molecule has 0 aliphatic rings. The average molecular weight is 243 g/mol. The second kappa shape index (κ2) is 6.38. The number of nitrogens with zero attached hydrogens (tertiary/aromatic N) is 2. The Labute approximate surface area is 103 Å². The molecule has 0 atom stereocenters. The third-order valence-corrected chi connectivity index (χ3v) is 2.41. The van der Waals surface area contributed by atoms with Crippen molar-refractivity contribution >= 4 is 24.4 Å². The Morgan fingerprint density at radius 2 is 1.94 bits per heavy atom. The number of aromatic hydroxyl groups is 1. The molecule has 1 aromatic carbocycles. The van der Waals surface area contributed by atoms with E-state index in [1.54, 1.807) is 12.4 Å². The van der Waals surface area contributed by atoms with Gasteiger partial charge in [-0.05, 0) is 44.0 Å². The zero-order valence-electron chi connectivity index (χ0n) is 10.2. The van der Waals surface area contributed by atoms with Gasteiger partial charge in [0.25, 0.3) is 0 Å². The van der Waals surface area contributed by atoms with Crippen LogP contribution in [-0.4, -0.2) is 29.9 Å². The summed E-state index contributed by atoms with van der Waals surface area (Å²) in [5, 5.41) is 9.49. The van der Waals surface area contributed by atoms with Crippen molar-refractivity contribution in [2.75, 3.05) is 13.6 Å². The van der Waals surface area contributed by atoms with Crippen LogP contribution in [0.4, 0.5) is 5.69 Å². The van der Waals surface area contributed by atoms with Gasteiger partial charge in [0.2, 0.25) is 0 Å². The summed E-state index contributed by atoms with van der Waals surface area (Å²) in [4.78, 5) is 6.37. The smallest absolute Gasteiger partial charge is 0.118 e. The number of hydrogen-bond donors (Lipinski definition) is 1. The largest absolute Gasteiger partial charge is 0.508 e. The number of hydrogen-bond acceptors (Lipinski definition) is 2. The molecule has 16 heavy (non-hydrogen) atoms. The quantitative estimate of drug-likeness (QED) is 0.653. The second-order valence-electron chi connectivity index (χ2n) is 3.74. The second-order valence-corrected chi connectivity index (χ2v) is 3.74. The number of benzene rings is 1. The van der Waals surface area contributed by atoms with E-state index in [1.807, 2.05) is 31.9 Å². The lowest BCUT2D eigenvalue weighted by molar-refractivity contribution is 0.470. The van der Waals surface area contributed by atoms with Crippen LogP contribution in [-0.2, 0) is 0 Å². The van der Waals surface area contributed by atoms with E-state index >= 15 is 0 Å². The first-order valence-electron chi connectivity index (χ1n) is 5.09. The SMILES string of the molecule is CCN(C)C=Nc1cc(C)c(O)cc1C.Cl. The fourth-order valence-electron chi connectivity index (χ4n) is 1.17. The molecule has 3 nitrogen and oxygen atoms in total. The van der Waals surface area contributed by atoms with Crippen molar-refractivity contribution in [1.29, 1.82) is 0 Å². The highest BCUT2D eigenvalue weighted by molar-refractivity contribution is 5.85. The van der Waals surface area contributed by atoms with Gasteiger partial charge in [-0.3, -0.25) is 0 Å². The van der Waals surface area contributed by atoms with Crippen molar-refractivity contribution in [3.05, 3.63) is 23.3 Å². The van der Waals surface area contributed by atoms with Crippen LogP contribution in [0.25, 0.3) is 0 Å². The van der Waals surface area contributed by atoms with Crippen LogP contribution in [0.1, 0.15) is 18.1 Å². The average Bonchev–Trinajstić information content (AvgIpc) is 2.21. The molecule has 0 radical (unpaired) electrons. The van der Waals surface area contributed by atoms with Gasteiger partial charge < -0.3 is 10.0 Å². The van der Waals surface area contributed by atoms with Gasteiger partial charge in [0.15, 0.2) is 0 Å². The Bertz CT molecular complexity index is 378. The summed E-state index contributed by atoms with van der Waals surface area (Å²) in [6.07, 6.45) is 1.80. The summed E-state index contributed by atoms with van der Waals surface area (Å²) in [6, 6.07) is 3.64. The molecule has 0 aliphatic carbocycles. The molecule has 0 amide bonds. The lowest BCUT2D eigenvalue weighted by atomic mass is 10.1. The molecule has 0 fully saturated rings. The predicted molar refractivity (Wildman–Crippen MR) is 71.3 cm³/mol. The van der Waals surface area contributed by atoms with Crippen molar-refractivity contribution < 1.29 is 5.11 Å². The molecule has 90 valence electrons. The van der Waals surface area contributed by atoms with Crippen LogP contribution < -0.4 is 0 Å². The maximum Gasteiger partial charge on any atom is 0.118 e. The van der Waals surface area contributed by atoms with E-state index in [-0.39, 0.29) is 12.4 Å². The molecule has 0 saturated carbocycles. The number of aliphatic imine (C=N–C) groups is 1. The van der Waals surface area contributed by atoms with E-state index in [1.165, 1.54) is 0 Å². The normalized spacial score (nSPS) is 10.2. The molecular weight excluding hydrogens is 224 g/mol. The number of halogens is 1. The van der Waals surface area contributed by atoms with Crippen LogP contribution in [0, 0.1) is 13.8 Å². The predicted octanol–water partition coefficient (Wildman–Crippen LogP) is 3.04. The van der Waals surface area contributed by atoms with Crippen LogP contribution in [0.3, 0.4) is 0 Å². The van der Waals surface area contributed by atoms with Gasteiger partial charge in [0, 0.05) is 13.6 Å². The van der Waals surface area contributed by atoms with Crippen molar-refractivity contribution in [3.8, 4) is 5.75 Å². The van der Waals surface area contributed by atoms with Crippen molar-refractivity contribution in [3.63, 3.8) is 0 Å². The van der Waals surface area contributed by atoms with Crippen LogP contribution in [0.5, 0.6) is 5.75 Å². The van der Waals surface area contributed by atoms with E-state index < -0.39 is 0 Å². The first-order valence-corrected chi connectivity index (χ1v) is 5.09. The molecule has 0 heterocycles. The molecule has 0 aromatic heterocycles. The third kappa shape index (κ3) is 3.74.